The maximum absolute atomic E-state index is 12.4. The zero-order chi connectivity index (χ0) is 22.4. The Bertz CT molecular complexity index is 955. The fraction of sp³-hybridized carbons (Fsp3) is 0.400. The summed E-state index contributed by atoms with van der Waals surface area (Å²) >= 11 is 1.25. The number of amides is 4. The van der Waals surface area contributed by atoms with Gasteiger partial charge in [-0.1, -0.05) is 0 Å². The van der Waals surface area contributed by atoms with Crippen molar-refractivity contribution in [2.24, 2.45) is 0 Å². The Balaban J connectivity index is 1.52. The summed E-state index contributed by atoms with van der Waals surface area (Å²) in [7, 11) is 3.07. The Morgan fingerprint density at radius 1 is 1.06 bits per heavy atom. The fourth-order valence-electron chi connectivity index (χ4n) is 3.10. The van der Waals surface area contributed by atoms with Crippen molar-refractivity contribution in [3.05, 3.63) is 29.3 Å². The summed E-state index contributed by atoms with van der Waals surface area (Å²) < 4.78 is 10.4. The van der Waals surface area contributed by atoms with Crippen LogP contribution in [0.15, 0.2) is 23.6 Å². The van der Waals surface area contributed by atoms with Gasteiger partial charge in [-0.15, -0.1) is 11.3 Å². The van der Waals surface area contributed by atoms with Gasteiger partial charge >= 0.3 is 6.03 Å². The van der Waals surface area contributed by atoms with Crippen molar-refractivity contribution >= 4 is 40.0 Å². The number of rotatable bonds is 6. The van der Waals surface area contributed by atoms with Crippen LogP contribution in [0.4, 0.5) is 15.6 Å². The number of methoxy groups -OCH3 is 2. The number of anilines is 2. The molecule has 0 unspecified atom stereocenters. The molecule has 11 heteroatoms. The first-order valence-corrected chi connectivity index (χ1v) is 10.5. The van der Waals surface area contributed by atoms with Gasteiger partial charge in [0.15, 0.2) is 5.13 Å². The lowest BCUT2D eigenvalue weighted by atomic mass is 10.2. The molecule has 2 aromatic rings. The molecular formula is C20H25N5O5S. The zero-order valence-electron chi connectivity index (χ0n) is 17.6. The quantitative estimate of drug-likeness (QED) is 0.701. The van der Waals surface area contributed by atoms with Gasteiger partial charge in [-0.05, 0) is 12.1 Å². The molecule has 10 nitrogen and oxygen atoms in total. The van der Waals surface area contributed by atoms with Crippen LogP contribution in [0.5, 0.6) is 11.5 Å². The Morgan fingerprint density at radius 3 is 2.42 bits per heavy atom. The predicted molar refractivity (Wildman–Crippen MR) is 117 cm³/mol. The largest absolute Gasteiger partial charge is 0.497 e. The van der Waals surface area contributed by atoms with E-state index in [1.54, 1.807) is 40.5 Å². The zero-order valence-corrected chi connectivity index (χ0v) is 18.5. The average Bonchev–Trinajstić information content (AvgIpc) is 3.20. The van der Waals surface area contributed by atoms with Crippen LogP contribution in [0.2, 0.25) is 0 Å². The minimum atomic E-state index is -0.267. The number of carbonyl (C=O) groups is 3. The molecule has 3 rings (SSSR count). The molecule has 0 aliphatic carbocycles. The number of nitrogens with one attached hydrogen (secondary N) is 2. The molecule has 1 aliphatic heterocycles. The number of benzene rings is 1. The molecule has 1 saturated heterocycles. The lowest BCUT2D eigenvalue weighted by molar-refractivity contribution is -0.130. The van der Waals surface area contributed by atoms with Crippen molar-refractivity contribution in [1.82, 2.24) is 14.8 Å². The molecule has 0 spiro atoms. The third-order valence-corrected chi connectivity index (χ3v) is 5.61. The summed E-state index contributed by atoms with van der Waals surface area (Å²) in [6.45, 7) is 3.49. The Morgan fingerprint density at radius 2 is 1.77 bits per heavy atom. The molecular weight excluding hydrogens is 422 g/mol. The van der Waals surface area contributed by atoms with Crippen LogP contribution >= 0.6 is 11.3 Å². The predicted octanol–water partition coefficient (Wildman–Crippen LogP) is 2.04. The summed E-state index contributed by atoms with van der Waals surface area (Å²) in [5.74, 6) is 0.864. The second-order valence-corrected chi connectivity index (χ2v) is 7.72. The molecule has 1 aromatic carbocycles. The van der Waals surface area contributed by atoms with Crippen molar-refractivity contribution in [3.8, 4) is 11.5 Å². The highest BCUT2D eigenvalue weighted by Crippen LogP contribution is 2.29. The van der Waals surface area contributed by atoms with E-state index in [4.69, 9.17) is 9.47 Å². The Labute approximate surface area is 184 Å². The molecule has 1 aliphatic rings. The number of urea groups is 1. The Kier molecular flexibility index (Phi) is 7.29. The highest BCUT2D eigenvalue weighted by atomic mass is 32.1. The third-order valence-electron chi connectivity index (χ3n) is 4.80. The highest BCUT2D eigenvalue weighted by molar-refractivity contribution is 7.13. The van der Waals surface area contributed by atoms with Gasteiger partial charge in [-0.25, -0.2) is 9.78 Å². The topological polar surface area (TPSA) is 113 Å². The lowest BCUT2D eigenvalue weighted by Gasteiger charge is -2.33. The number of piperazine rings is 1. The minimum Gasteiger partial charge on any atom is -0.497 e. The van der Waals surface area contributed by atoms with Crippen LogP contribution in [-0.2, 0) is 16.0 Å². The first-order chi connectivity index (χ1) is 14.9. The summed E-state index contributed by atoms with van der Waals surface area (Å²) in [5.41, 5.74) is 1.08. The number of hydrogen-bond acceptors (Lipinski definition) is 7. The average molecular weight is 448 g/mol. The number of carbonyl (C=O) groups excluding carboxylic acids is 3. The molecule has 0 radical (unpaired) electrons. The molecule has 2 N–H and O–H groups in total. The Hall–Kier alpha value is -3.34. The maximum Gasteiger partial charge on any atom is 0.323 e. The summed E-state index contributed by atoms with van der Waals surface area (Å²) in [4.78, 5) is 43.9. The number of thiazole rings is 1. The van der Waals surface area contributed by atoms with E-state index in [2.05, 4.69) is 15.6 Å². The second kappa shape index (κ2) is 10.1. The lowest BCUT2D eigenvalue weighted by Crippen LogP contribution is -2.51. The van der Waals surface area contributed by atoms with Crippen LogP contribution in [0.25, 0.3) is 0 Å². The van der Waals surface area contributed by atoms with Gasteiger partial charge in [0.1, 0.15) is 11.5 Å². The van der Waals surface area contributed by atoms with Crippen LogP contribution in [0, 0.1) is 0 Å². The van der Waals surface area contributed by atoms with Crippen LogP contribution in [-0.4, -0.2) is 73.0 Å². The molecule has 0 saturated carbocycles. The van der Waals surface area contributed by atoms with E-state index in [1.807, 2.05) is 0 Å². The molecule has 4 amide bonds. The van der Waals surface area contributed by atoms with E-state index in [0.29, 0.717) is 54.2 Å². The van der Waals surface area contributed by atoms with E-state index in [9.17, 15) is 14.4 Å². The molecule has 0 atom stereocenters. The van der Waals surface area contributed by atoms with E-state index in [1.165, 1.54) is 25.4 Å². The first kappa shape index (κ1) is 22.3. The molecule has 1 aromatic heterocycles. The highest BCUT2D eigenvalue weighted by Gasteiger charge is 2.23. The van der Waals surface area contributed by atoms with Gasteiger partial charge in [0.05, 0.1) is 32.0 Å². The molecule has 1 fully saturated rings. The first-order valence-electron chi connectivity index (χ1n) is 9.67. The van der Waals surface area contributed by atoms with Crippen molar-refractivity contribution < 1.29 is 23.9 Å². The number of hydrogen-bond donors (Lipinski definition) is 2. The van der Waals surface area contributed by atoms with E-state index in [0.717, 1.165) is 0 Å². The number of nitrogens with zero attached hydrogens (tertiary/aromatic N) is 3. The van der Waals surface area contributed by atoms with Crippen LogP contribution in [0.3, 0.4) is 0 Å². The molecule has 166 valence electrons. The van der Waals surface area contributed by atoms with Gasteiger partial charge in [-0.3, -0.25) is 14.9 Å². The van der Waals surface area contributed by atoms with Crippen molar-refractivity contribution in [2.75, 3.05) is 51.0 Å². The van der Waals surface area contributed by atoms with E-state index >= 15 is 0 Å². The van der Waals surface area contributed by atoms with Crippen LogP contribution < -0.4 is 20.1 Å². The number of ether oxygens (including phenoxy) is 2. The monoisotopic (exact) mass is 447 g/mol. The smallest absolute Gasteiger partial charge is 0.323 e. The third kappa shape index (κ3) is 5.85. The van der Waals surface area contributed by atoms with Gasteiger partial charge in [-0.2, -0.15) is 0 Å². The second-order valence-electron chi connectivity index (χ2n) is 6.86. The SMILES string of the molecule is COc1ccc(NC(=O)Cc2csc(NC(=O)N3CCN(C(C)=O)CC3)n2)c(OC)c1. The van der Waals surface area contributed by atoms with Crippen molar-refractivity contribution in [3.63, 3.8) is 0 Å². The van der Waals surface area contributed by atoms with Crippen molar-refractivity contribution in [2.45, 2.75) is 13.3 Å². The summed E-state index contributed by atoms with van der Waals surface area (Å²) in [6.07, 6.45) is 0.0544. The van der Waals surface area contributed by atoms with Gasteiger partial charge in [0, 0.05) is 44.5 Å². The standard InChI is InChI=1S/C20H25N5O5S/c1-13(26)24-6-8-25(9-7-24)20(28)23-19-21-14(12-31-19)10-18(27)22-16-5-4-15(29-2)11-17(16)30-3/h4-5,11-12H,6-10H2,1-3H3,(H,22,27)(H,21,23,28). The molecule has 2 heterocycles. The van der Waals surface area contributed by atoms with E-state index in [-0.39, 0.29) is 24.3 Å². The summed E-state index contributed by atoms with van der Waals surface area (Å²) in [6, 6.07) is 4.85. The molecule has 0 bridgehead atoms. The molecule has 31 heavy (non-hydrogen) atoms. The van der Waals surface area contributed by atoms with Gasteiger partial charge < -0.3 is 24.6 Å². The maximum atomic E-state index is 12.4. The van der Waals surface area contributed by atoms with E-state index < -0.39 is 0 Å². The van der Waals surface area contributed by atoms with Gasteiger partial charge in [0.2, 0.25) is 11.8 Å². The summed E-state index contributed by atoms with van der Waals surface area (Å²) in [5, 5.41) is 7.70. The number of aromatic nitrogens is 1. The normalized spacial score (nSPS) is 13.5. The van der Waals surface area contributed by atoms with Crippen LogP contribution in [0.1, 0.15) is 12.6 Å². The fourth-order valence-corrected chi connectivity index (χ4v) is 3.80. The van der Waals surface area contributed by atoms with Gasteiger partial charge in [0.25, 0.3) is 0 Å². The minimum absolute atomic E-state index is 0.00941. The van der Waals surface area contributed by atoms with Crippen molar-refractivity contribution in [1.29, 1.82) is 0 Å².